The van der Waals surface area contributed by atoms with E-state index in [-0.39, 0.29) is 18.6 Å². The van der Waals surface area contributed by atoms with E-state index in [0.29, 0.717) is 37.2 Å². The summed E-state index contributed by atoms with van der Waals surface area (Å²) in [5.74, 6) is 1.37. The Morgan fingerprint density at radius 2 is 1.94 bits per heavy atom. The average molecular weight is 455 g/mol. The second kappa shape index (κ2) is 9.89. The number of carbonyl (C=O) groups is 2. The van der Waals surface area contributed by atoms with Crippen LogP contribution in [-0.2, 0) is 4.74 Å². The van der Waals surface area contributed by atoms with Gasteiger partial charge in [-0.1, -0.05) is 0 Å². The molecular formula is C24H27FN4O4. The van der Waals surface area contributed by atoms with Crippen molar-refractivity contribution in [2.24, 2.45) is 0 Å². The molecule has 1 aliphatic heterocycles. The van der Waals surface area contributed by atoms with Crippen LogP contribution in [0.1, 0.15) is 23.2 Å². The van der Waals surface area contributed by atoms with Gasteiger partial charge in [-0.05, 0) is 36.4 Å². The zero-order chi connectivity index (χ0) is 23.4. The highest BCUT2D eigenvalue weighted by Gasteiger charge is 2.25. The molecule has 8 nitrogen and oxygen atoms in total. The van der Waals surface area contributed by atoms with Crippen LogP contribution < -0.4 is 4.74 Å². The molecule has 0 aliphatic carbocycles. The largest absolute Gasteiger partial charge is 0.489 e. The molecule has 0 N–H and O–H groups in total. The Morgan fingerprint density at radius 3 is 2.61 bits per heavy atom. The third-order valence-corrected chi connectivity index (χ3v) is 5.62. The van der Waals surface area contributed by atoms with Crippen LogP contribution in [0, 0.1) is 0 Å². The first-order valence-corrected chi connectivity index (χ1v) is 10.9. The third kappa shape index (κ3) is 5.08. The number of hydrogen-bond donors (Lipinski definition) is 0. The molecule has 2 amide bonds. The van der Waals surface area contributed by atoms with Crippen molar-refractivity contribution in [2.75, 3.05) is 40.5 Å². The van der Waals surface area contributed by atoms with Crippen molar-refractivity contribution < 1.29 is 23.5 Å². The smallest absolute Gasteiger partial charge is 0.409 e. The predicted molar refractivity (Wildman–Crippen MR) is 122 cm³/mol. The number of nitrogens with zero attached hydrogens (tertiary/aromatic N) is 4. The van der Waals surface area contributed by atoms with Crippen molar-refractivity contribution in [3.05, 3.63) is 54.4 Å². The summed E-state index contributed by atoms with van der Waals surface area (Å²) in [6.45, 7) is 0.132. The van der Waals surface area contributed by atoms with E-state index >= 15 is 0 Å². The van der Waals surface area contributed by atoms with Gasteiger partial charge in [0.1, 0.15) is 31.0 Å². The molecule has 2 aromatic heterocycles. The molecule has 1 aliphatic rings. The number of rotatable bonds is 6. The molecule has 1 aromatic carbocycles. The molecule has 1 saturated heterocycles. The molecule has 9 heteroatoms. The Kier molecular flexibility index (Phi) is 6.76. The summed E-state index contributed by atoms with van der Waals surface area (Å²) in [4.78, 5) is 31.7. The highest BCUT2D eigenvalue weighted by atomic mass is 19.1. The van der Waals surface area contributed by atoms with Crippen LogP contribution in [0.4, 0.5) is 9.18 Å². The van der Waals surface area contributed by atoms with Crippen molar-refractivity contribution in [3.63, 3.8) is 0 Å². The Hall–Kier alpha value is -3.62. The summed E-state index contributed by atoms with van der Waals surface area (Å²) in [5.41, 5.74) is 1.60. The summed E-state index contributed by atoms with van der Waals surface area (Å²) in [6, 6.07) is 11.3. The van der Waals surface area contributed by atoms with E-state index in [1.807, 2.05) is 47.2 Å². The normalized spacial score (nSPS) is 14.3. The van der Waals surface area contributed by atoms with E-state index in [9.17, 15) is 14.0 Å². The number of fused-ring (bicyclic) bond motifs is 1. The van der Waals surface area contributed by atoms with Gasteiger partial charge in [0.05, 0.1) is 11.7 Å². The van der Waals surface area contributed by atoms with E-state index in [0.717, 1.165) is 16.7 Å². The number of hydrogen-bond acceptors (Lipinski definition) is 5. The maximum Gasteiger partial charge on any atom is 0.409 e. The van der Waals surface area contributed by atoms with Crippen LogP contribution in [0.2, 0.25) is 0 Å². The van der Waals surface area contributed by atoms with Crippen molar-refractivity contribution in [3.8, 4) is 11.6 Å². The van der Waals surface area contributed by atoms with Crippen LogP contribution in [0.5, 0.6) is 5.75 Å². The van der Waals surface area contributed by atoms with Crippen LogP contribution in [0.15, 0.2) is 48.8 Å². The Labute approximate surface area is 191 Å². The number of carbonyl (C=O) groups excluding carboxylic acids is 2. The molecular weight excluding hydrogens is 427 g/mol. The quantitative estimate of drug-likeness (QED) is 0.568. The van der Waals surface area contributed by atoms with Gasteiger partial charge in [0, 0.05) is 57.2 Å². The topological polar surface area (TPSA) is 76.9 Å². The molecule has 3 aromatic rings. The number of pyridine rings is 1. The van der Waals surface area contributed by atoms with Gasteiger partial charge < -0.3 is 23.8 Å². The molecule has 0 saturated carbocycles. The number of ether oxygens (including phenoxy) is 2. The van der Waals surface area contributed by atoms with Crippen LogP contribution in [-0.4, -0.2) is 77.9 Å². The molecule has 0 spiro atoms. The minimum atomic E-state index is -0.676. The highest BCUT2D eigenvalue weighted by molar-refractivity contribution is 5.98. The summed E-state index contributed by atoms with van der Waals surface area (Å²) in [7, 11) is 3.47. The van der Waals surface area contributed by atoms with Gasteiger partial charge in [0.25, 0.3) is 5.91 Å². The lowest BCUT2D eigenvalue weighted by Crippen LogP contribution is -2.42. The fraction of sp³-hybridized carbons (Fsp3) is 0.375. The number of benzene rings is 1. The first-order valence-electron chi connectivity index (χ1n) is 10.9. The van der Waals surface area contributed by atoms with E-state index in [1.165, 1.54) is 0 Å². The number of likely N-dealkylation sites (tertiary alicyclic amines) is 1. The standard InChI is InChI=1S/C24H27FN4O4/c1-27(2)23(30)18-3-5-21-17(15-18)7-13-29(21)22-6-4-20(16-26-22)33-19-8-11-28(12-9-19)24(31)32-14-10-25/h3-7,13,15-16,19H,8-12,14H2,1-2H3. The number of alkyl halides is 1. The van der Waals surface area contributed by atoms with E-state index in [2.05, 4.69) is 4.98 Å². The number of amides is 2. The van der Waals surface area contributed by atoms with E-state index in [1.54, 1.807) is 30.1 Å². The predicted octanol–water partition coefficient (Wildman–Crippen LogP) is 3.68. The maximum atomic E-state index is 12.2. The number of piperidine rings is 1. The van der Waals surface area contributed by atoms with Gasteiger partial charge in [0.2, 0.25) is 0 Å². The van der Waals surface area contributed by atoms with E-state index in [4.69, 9.17) is 9.47 Å². The number of aromatic nitrogens is 2. The van der Waals surface area contributed by atoms with Gasteiger partial charge in [-0.2, -0.15) is 0 Å². The van der Waals surface area contributed by atoms with Gasteiger partial charge in [-0.15, -0.1) is 0 Å². The SMILES string of the molecule is CN(C)C(=O)c1ccc2c(ccn2-c2ccc(OC3CCN(C(=O)OCCF)CC3)cn2)c1. The lowest BCUT2D eigenvalue weighted by molar-refractivity contribution is 0.0644. The molecule has 0 bridgehead atoms. The Morgan fingerprint density at radius 1 is 1.15 bits per heavy atom. The summed E-state index contributed by atoms with van der Waals surface area (Å²) < 4.78 is 25.0. The lowest BCUT2D eigenvalue weighted by atomic mass is 10.1. The first kappa shape index (κ1) is 22.6. The van der Waals surface area contributed by atoms with Gasteiger partial charge in [-0.3, -0.25) is 4.79 Å². The van der Waals surface area contributed by atoms with Gasteiger partial charge in [-0.25, -0.2) is 14.2 Å². The average Bonchev–Trinajstić information content (AvgIpc) is 3.26. The second-order valence-corrected chi connectivity index (χ2v) is 8.12. The minimum absolute atomic E-state index is 0.0251. The minimum Gasteiger partial charge on any atom is -0.489 e. The molecule has 1 fully saturated rings. The van der Waals surface area contributed by atoms with Crippen molar-refractivity contribution in [1.82, 2.24) is 19.4 Å². The summed E-state index contributed by atoms with van der Waals surface area (Å²) >= 11 is 0. The monoisotopic (exact) mass is 454 g/mol. The summed E-state index contributed by atoms with van der Waals surface area (Å²) in [6.07, 6.45) is 4.45. The molecule has 0 unspecified atom stereocenters. The van der Waals surface area contributed by atoms with E-state index < -0.39 is 12.8 Å². The lowest BCUT2D eigenvalue weighted by Gasteiger charge is -2.31. The number of halogens is 1. The van der Waals surface area contributed by atoms with Crippen LogP contribution >= 0.6 is 0 Å². The molecule has 0 atom stereocenters. The Balaban J connectivity index is 1.38. The third-order valence-electron chi connectivity index (χ3n) is 5.62. The fourth-order valence-electron chi connectivity index (χ4n) is 3.88. The molecule has 0 radical (unpaired) electrons. The first-order chi connectivity index (χ1) is 16.0. The highest BCUT2D eigenvalue weighted by Crippen LogP contribution is 2.24. The summed E-state index contributed by atoms with van der Waals surface area (Å²) in [5, 5.41) is 0.960. The zero-order valence-corrected chi connectivity index (χ0v) is 18.7. The van der Waals surface area contributed by atoms with Gasteiger partial charge in [0.15, 0.2) is 0 Å². The second-order valence-electron chi connectivity index (χ2n) is 8.12. The van der Waals surface area contributed by atoms with Gasteiger partial charge >= 0.3 is 6.09 Å². The maximum absolute atomic E-state index is 12.2. The molecule has 33 heavy (non-hydrogen) atoms. The Bertz CT molecular complexity index is 1120. The molecule has 174 valence electrons. The molecule has 3 heterocycles. The van der Waals surface area contributed by atoms with Crippen LogP contribution in [0.3, 0.4) is 0 Å². The van der Waals surface area contributed by atoms with Crippen molar-refractivity contribution in [2.45, 2.75) is 18.9 Å². The van der Waals surface area contributed by atoms with Crippen molar-refractivity contribution >= 4 is 22.9 Å². The van der Waals surface area contributed by atoms with Crippen LogP contribution in [0.25, 0.3) is 16.7 Å². The van der Waals surface area contributed by atoms with Crippen molar-refractivity contribution in [1.29, 1.82) is 0 Å². The zero-order valence-electron chi connectivity index (χ0n) is 18.7. The molecule has 4 rings (SSSR count). The fourth-order valence-corrected chi connectivity index (χ4v) is 3.88.